The zero-order valence-electron chi connectivity index (χ0n) is 38.7. The predicted molar refractivity (Wildman–Crippen MR) is 283 cm³/mol. The molecular formula is C58H53N5OSi2. The summed E-state index contributed by atoms with van der Waals surface area (Å²) in [6.45, 7) is 17.6. The molecule has 9 aromatic rings. The minimum atomic E-state index is -2.06. The minimum absolute atomic E-state index is 0.0208. The van der Waals surface area contributed by atoms with Gasteiger partial charge in [-0.05, 0) is 116 Å². The molecule has 8 heteroatoms. The minimum Gasteiger partial charge on any atom is -0.457 e. The molecule has 12 rings (SSSR count). The summed E-state index contributed by atoms with van der Waals surface area (Å²) >= 11 is 0. The number of rotatable bonds is 6. The lowest BCUT2D eigenvalue weighted by Gasteiger charge is -2.49. The van der Waals surface area contributed by atoms with Crippen molar-refractivity contribution in [3.8, 4) is 28.4 Å². The van der Waals surface area contributed by atoms with Crippen LogP contribution in [0, 0.1) is 0 Å². The SMILES string of the molecule is CC(C)(C)c1ccnc(-n2c3ccc(-c4ccccc4)cc3c3ccc(Oc4cccc(N5C=CN(c6cc7c8c(c6)[Si](C)(C)c6ccccc6N8c6ccccc6[Si]7(C)C)C5)c4)cc32)c1. The van der Waals surface area contributed by atoms with Gasteiger partial charge in [0.25, 0.3) is 0 Å². The quantitative estimate of drug-likeness (QED) is 0.156. The molecule has 0 unspecified atom stereocenters. The zero-order valence-corrected chi connectivity index (χ0v) is 40.7. The average molecular weight is 892 g/mol. The summed E-state index contributed by atoms with van der Waals surface area (Å²) in [7, 11) is -4.12. The Morgan fingerprint density at radius 1 is 0.515 bits per heavy atom. The average Bonchev–Trinajstić information content (AvgIpc) is 3.95. The predicted octanol–water partition coefficient (Wildman–Crippen LogP) is 12.4. The summed E-state index contributed by atoms with van der Waals surface area (Å²) in [5.74, 6) is 2.46. The maximum absolute atomic E-state index is 6.77. The molecule has 0 spiro atoms. The third-order valence-electron chi connectivity index (χ3n) is 14.4. The van der Waals surface area contributed by atoms with Crippen molar-refractivity contribution < 1.29 is 4.74 Å². The van der Waals surface area contributed by atoms with Crippen LogP contribution in [-0.4, -0.2) is 32.4 Å². The number of nitrogens with zero attached hydrogens (tertiary/aromatic N) is 5. The van der Waals surface area contributed by atoms with E-state index in [-0.39, 0.29) is 5.41 Å². The highest BCUT2D eigenvalue weighted by molar-refractivity contribution is 7.07. The van der Waals surface area contributed by atoms with Crippen LogP contribution in [0.1, 0.15) is 26.3 Å². The molecule has 3 aliphatic heterocycles. The van der Waals surface area contributed by atoms with Gasteiger partial charge in [-0.25, -0.2) is 4.98 Å². The van der Waals surface area contributed by atoms with Crippen molar-refractivity contribution in [2.75, 3.05) is 21.4 Å². The summed E-state index contributed by atoms with van der Waals surface area (Å²) in [4.78, 5) is 12.3. The molecule has 0 fully saturated rings. The normalized spacial score (nSPS) is 15.5. The summed E-state index contributed by atoms with van der Waals surface area (Å²) in [6.07, 6.45) is 6.39. The molecule has 66 heavy (non-hydrogen) atoms. The zero-order chi connectivity index (χ0) is 45.1. The smallest absolute Gasteiger partial charge is 0.137 e. The van der Waals surface area contributed by atoms with Crippen LogP contribution in [-0.2, 0) is 5.41 Å². The largest absolute Gasteiger partial charge is 0.457 e. The van der Waals surface area contributed by atoms with Gasteiger partial charge in [0.15, 0.2) is 0 Å². The number of aromatic nitrogens is 2. The van der Waals surface area contributed by atoms with Crippen molar-refractivity contribution in [1.29, 1.82) is 0 Å². The third kappa shape index (κ3) is 6.30. The van der Waals surface area contributed by atoms with Gasteiger partial charge in [-0.1, -0.05) is 126 Å². The molecule has 324 valence electrons. The molecule has 0 saturated heterocycles. The Bertz CT molecular complexity index is 3380. The highest BCUT2D eigenvalue weighted by Crippen LogP contribution is 2.43. The number of para-hydroxylation sites is 2. The first kappa shape index (κ1) is 40.4. The van der Waals surface area contributed by atoms with Gasteiger partial charge in [0.2, 0.25) is 0 Å². The van der Waals surface area contributed by atoms with Crippen LogP contribution >= 0.6 is 0 Å². The summed E-state index contributed by atoms with van der Waals surface area (Å²) < 4.78 is 9.07. The lowest BCUT2D eigenvalue weighted by Crippen LogP contribution is -2.66. The van der Waals surface area contributed by atoms with E-state index in [2.05, 4.69) is 242 Å². The fraction of sp³-hybridized carbons (Fsp3) is 0.155. The van der Waals surface area contributed by atoms with E-state index in [0.717, 1.165) is 39.4 Å². The molecule has 7 aromatic carbocycles. The molecule has 3 aliphatic rings. The van der Waals surface area contributed by atoms with Gasteiger partial charge in [-0.15, -0.1) is 0 Å². The number of pyridine rings is 1. The van der Waals surface area contributed by atoms with Gasteiger partial charge >= 0.3 is 0 Å². The second kappa shape index (κ2) is 14.7. The summed E-state index contributed by atoms with van der Waals surface area (Å²) in [5.41, 5.74) is 12.3. The molecular weight excluding hydrogens is 839 g/mol. The van der Waals surface area contributed by atoms with E-state index in [1.807, 2.05) is 6.20 Å². The molecule has 0 atom stereocenters. The van der Waals surface area contributed by atoms with Crippen LogP contribution in [0.5, 0.6) is 11.5 Å². The number of benzene rings is 7. The van der Waals surface area contributed by atoms with E-state index >= 15 is 0 Å². The van der Waals surface area contributed by atoms with Crippen molar-refractivity contribution in [2.24, 2.45) is 0 Å². The van der Waals surface area contributed by atoms with Crippen LogP contribution in [0.3, 0.4) is 0 Å². The second-order valence-electron chi connectivity index (χ2n) is 20.3. The van der Waals surface area contributed by atoms with E-state index in [0.29, 0.717) is 6.67 Å². The van der Waals surface area contributed by atoms with E-state index in [1.165, 1.54) is 65.6 Å². The molecule has 2 aromatic heterocycles. The van der Waals surface area contributed by atoms with Crippen molar-refractivity contribution in [2.45, 2.75) is 52.4 Å². The van der Waals surface area contributed by atoms with Gasteiger partial charge in [-0.3, -0.25) is 4.57 Å². The Morgan fingerprint density at radius 2 is 1.17 bits per heavy atom. The van der Waals surface area contributed by atoms with Crippen molar-refractivity contribution >= 4 is 87.1 Å². The molecule has 0 radical (unpaired) electrons. The summed E-state index contributed by atoms with van der Waals surface area (Å²) in [5, 5.41) is 8.38. The molecule has 0 amide bonds. The Labute approximate surface area is 389 Å². The number of hydrogen-bond donors (Lipinski definition) is 0. The lowest BCUT2D eigenvalue weighted by molar-refractivity contribution is 0.483. The first-order valence-corrected chi connectivity index (χ1v) is 29.1. The standard InChI is InChI=1S/C58H53N5OSi2/c1-58(2,3)41-28-29-59-56(33-41)62-48-27-24-40(39-16-9-8-10-17-39)32-47(48)46-26-25-45(37-51(46)62)64-44-19-15-18-42(34-44)60-30-31-61(38-60)43-35-54-57-55(36-43)66(6,7)53-23-14-12-21-50(53)63(57)49-20-11-13-22-52(49)65(54,4)5/h8-37H,38H2,1-7H3. The van der Waals surface area contributed by atoms with Gasteiger partial charge in [0.05, 0.1) is 17.7 Å². The number of anilines is 5. The van der Waals surface area contributed by atoms with Crippen LogP contribution in [0.25, 0.3) is 38.8 Å². The molecule has 0 aliphatic carbocycles. The lowest BCUT2D eigenvalue weighted by atomic mass is 9.88. The molecule has 0 saturated carbocycles. The van der Waals surface area contributed by atoms with Gasteiger partial charge in [-0.2, -0.15) is 0 Å². The Hall–Kier alpha value is -7.14. The third-order valence-corrected chi connectivity index (χ3v) is 21.4. The first-order chi connectivity index (χ1) is 31.8. The molecule has 5 heterocycles. The fourth-order valence-corrected chi connectivity index (χ4v) is 16.9. The summed E-state index contributed by atoms with van der Waals surface area (Å²) in [6, 6.07) is 60.0. The monoisotopic (exact) mass is 891 g/mol. The van der Waals surface area contributed by atoms with Crippen LogP contribution in [0.4, 0.5) is 28.4 Å². The van der Waals surface area contributed by atoms with Crippen LogP contribution < -0.4 is 40.2 Å². The van der Waals surface area contributed by atoms with Crippen molar-refractivity contribution in [3.63, 3.8) is 0 Å². The van der Waals surface area contributed by atoms with Gasteiger partial charge < -0.3 is 19.4 Å². The number of ether oxygens (including phenoxy) is 1. The number of fused-ring (bicyclic) bond motifs is 7. The highest BCUT2D eigenvalue weighted by Gasteiger charge is 2.47. The topological polar surface area (TPSA) is 36.8 Å². The van der Waals surface area contributed by atoms with E-state index in [1.54, 1.807) is 0 Å². The Kier molecular flexibility index (Phi) is 8.99. The van der Waals surface area contributed by atoms with E-state index in [9.17, 15) is 0 Å². The van der Waals surface area contributed by atoms with E-state index < -0.39 is 16.1 Å². The molecule has 0 N–H and O–H groups in total. The van der Waals surface area contributed by atoms with Crippen molar-refractivity contribution in [1.82, 2.24) is 9.55 Å². The Balaban J connectivity index is 0.878. The maximum atomic E-state index is 6.77. The van der Waals surface area contributed by atoms with Crippen LogP contribution in [0.15, 0.2) is 182 Å². The van der Waals surface area contributed by atoms with Gasteiger partial charge in [0, 0.05) is 69.9 Å². The molecule has 6 nitrogen and oxygen atoms in total. The molecule has 0 bridgehead atoms. The fourth-order valence-electron chi connectivity index (χ4n) is 10.8. The second-order valence-corrected chi connectivity index (χ2v) is 28.9. The number of hydrogen-bond acceptors (Lipinski definition) is 5. The maximum Gasteiger partial charge on any atom is 0.137 e. The highest BCUT2D eigenvalue weighted by atomic mass is 28.3. The van der Waals surface area contributed by atoms with Crippen LogP contribution in [0.2, 0.25) is 26.2 Å². The van der Waals surface area contributed by atoms with E-state index in [4.69, 9.17) is 9.72 Å². The first-order valence-electron chi connectivity index (χ1n) is 23.1. The van der Waals surface area contributed by atoms with Crippen molar-refractivity contribution in [3.05, 3.63) is 188 Å². The van der Waals surface area contributed by atoms with Gasteiger partial charge in [0.1, 0.15) is 33.5 Å². The Morgan fingerprint density at radius 3 is 1.86 bits per heavy atom.